The minimum Gasteiger partial charge on any atom is -0.432 e. The van der Waals surface area contributed by atoms with Crippen molar-refractivity contribution < 1.29 is 24.2 Å². The summed E-state index contributed by atoms with van der Waals surface area (Å²) >= 11 is 3.57. The Hall–Kier alpha value is -2.04. The van der Waals surface area contributed by atoms with Crippen LogP contribution in [-0.2, 0) is 26.5 Å². The second-order valence-corrected chi connectivity index (χ2v) is 15.6. The van der Waals surface area contributed by atoms with E-state index in [4.69, 9.17) is 4.74 Å². The van der Waals surface area contributed by atoms with Crippen molar-refractivity contribution in [1.82, 2.24) is 0 Å². The molecule has 5 rings (SSSR count). The van der Waals surface area contributed by atoms with E-state index in [0.29, 0.717) is 25.9 Å². The number of carbonyl (C=O) groups excluding carboxylic acids is 2. The van der Waals surface area contributed by atoms with Crippen molar-refractivity contribution in [2.45, 2.75) is 63.1 Å². The first kappa shape index (κ1) is 25.6. The summed E-state index contributed by atoms with van der Waals surface area (Å²) in [7, 11) is -2.73. The zero-order chi connectivity index (χ0) is 25.8. The van der Waals surface area contributed by atoms with Gasteiger partial charge < -0.3 is 24.4 Å². The number of carbonyl (C=O) groups is 2. The lowest BCUT2D eigenvalue weighted by Crippen LogP contribution is -2.46. The van der Waals surface area contributed by atoms with E-state index in [1.807, 2.05) is 67.4 Å². The van der Waals surface area contributed by atoms with E-state index in [-0.39, 0.29) is 29.9 Å². The Morgan fingerprint density at radius 1 is 1.19 bits per heavy atom. The number of aliphatic hydroxyl groups excluding tert-OH is 1. The number of benzene rings is 2. The fraction of sp³-hybridized carbons (Fsp3) is 0.481. The van der Waals surface area contributed by atoms with Crippen molar-refractivity contribution >= 4 is 47.4 Å². The zero-order valence-electron chi connectivity index (χ0n) is 20.9. The first-order chi connectivity index (χ1) is 17.1. The molecule has 7 nitrogen and oxygen atoms in total. The van der Waals surface area contributed by atoms with E-state index in [1.165, 1.54) is 0 Å². The maximum atomic E-state index is 14.3. The summed E-state index contributed by atoms with van der Waals surface area (Å²) < 4.78 is 7.48. The minimum atomic E-state index is -2.73. The normalized spacial score (nSPS) is 28.0. The summed E-state index contributed by atoms with van der Waals surface area (Å²) in [5, 5.41) is 9.74. The van der Waals surface area contributed by atoms with Gasteiger partial charge in [0.2, 0.25) is 5.91 Å². The van der Waals surface area contributed by atoms with E-state index >= 15 is 0 Å². The molecule has 36 heavy (non-hydrogen) atoms. The largest absolute Gasteiger partial charge is 0.432 e. The molecule has 4 atom stereocenters. The van der Waals surface area contributed by atoms with Crippen molar-refractivity contribution in [3.8, 4) is 0 Å². The monoisotopic (exact) mass is 572 g/mol. The molecule has 3 heterocycles. The molecule has 2 fully saturated rings. The third kappa shape index (κ3) is 4.05. The molecule has 2 N–H and O–H groups in total. The Labute approximate surface area is 221 Å². The van der Waals surface area contributed by atoms with E-state index in [0.717, 1.165) is 33.4 Å². The quantitative estimate of drug-likeness (QED) is 0.503. The summed E-state index contributed by atoms with van der Waals surface area (Å²) in [5.41, 5.74) is 1.94. The van der Waals surface area contributed by atoms with E-state index < -0.39 is 20.0 Å². The average molecular weight is 574 g/mol. The molecule has 2 aromatic rings. The molecule has 0 saturated carbocycles. The molecule has 192 valence electrons. The van der Waals surface area contributed by atoms with Crippen LogP contribution in [0, 0.1) is 5.92 Å². The van der Waals surface area contributed by atoms with Crippen LogP contribution in [0.15, 0.2) is 46.9 Å². The number of anilines is 2. The second-order valence-electron chi connectivity index (χ2n) is 10.7. The summed E-state index contributed by atoms with van der Waals surface area (Å²) in [6, 6.07) is 13.6. The van der Waals surface area contributed by atoms with Crippen LogP contribution in [0.25, 0.3) is 0 Å². The number of ether oxygens (including phenoxy) is 1. The van der Waals surface area contributed by atoms with Gasteiger partial charge in [-0.1, -0.05) is 35.0 Å². The van der Waals surface area contributed by atoms with Crippen LogP contribution in [0.1, 0.15) is 37.3 Å². The number of fused-ring (bicyclic) bond motifs is 2. The molecule has 1 spiro atoms. The van der Waals surface area contributed by atoms with Crippen LogP contribution in [0.4, 0.5) is 11.4 Å². The van der Waals surface area contributed by atoms with E-state index in [2.05, 4.69) is 15.9 Å². The lowest BCUT2D eigenvalue weighted by Gasteiger charge is -2.32. The van der Waals surface area contributed by atoms with Gasteiger partial charge in [-0.25, -0.2) is 0 Å². The molecule has 0 unspecified atom stereocenters. The highest BCUT2D eigenvalue weighted by Crippen LogP contribution is 2.60. The van der Waals surface area contributed by atoms with Crippen LogP contribution in [0.2, 0.25) is 18.6 Å². The fourth-order valence-corrected chi connectivity index (χ4v) is 9.49. The van der Waals surface area contributed by atoms with Crippen LogP contribution < -0.4 is 9.80 Å². The molecule has 0 radical (unpaired) electrons. The molecule has 0 aliphatic carbocycles. The van der Waals surface area contributed by atoms with Crippen LogP contribution in [0.5, 0.6) is 0 Å². The lowest BCUT2D eigenvalue weighted by molar-refractivity contribution is -0.146. The Balaban J connectivity index is 1.55. The third-order valence-electron chi connectivity index (χ3n) is 8.00. The number of rotatable bonds is 6. The molecule has 2 saturated heterocycles. The summed E-state index contributed by atoms with van der Waals surface area (Å²) in [6.45, 7) is 6.75. The summed E-state index contributed by atoms with van der Waals surface area (Å²) in [6.07, 6.45) is 1.39. The standard InChI is InChI=1S/C27H33BrN2O5Si/c1-17-25(36(2,3)34)23(11-13-31)35-27(17)21-15-19(28)9-10-22(21)30(26(27)33)16-18-6-4-7-20(14-18)29-12-5-8-24(29)32/h4,6-7,9-10,14-15,17,23,25,31,34H,5,8,11-13,16H2,1-3H3/t17-,23+,25-,27+/m1/s1. The fourth-order valence-electron chi connectivity index (χ4n) is 6.53. The first-order valence-electron chi connectivity index (χ1n) is 12.6. The van der Waals surface area contributed by atoms with Crippen molar-refractivity contribution in [1.29, 1.82) is 0 Å². The van der Waals surface area contributed by atoms with Crippen LogP contribution >= 0.6 is 15.9 Å². The summed E-state index contributed by atoms with van der Waals surface area (Å²) in [4.78, 5) is 41.4. The van der Waals surface area contributed by atoms with E-state index in [9.17, 15) is 19.5 Å². The number of amides is 2. The van der Waals surface area contributed by atoms with Gasteiger partial charge in [-0.3, -0.25) is 9.59 Å². The Bertz CT molecular complexity index is 1200. The molecular formula is C27H33BrN2O5Si. The highest BCUT2D eigenvalue weighted by atomic mass is 79.9. The average Bonchev–Trinajstić information content (AvgIpc) is 3.44. The Morgan fingerprint density at radius 2 is 1.97 bits per heavy atom. The van der Waals surface area contributed by atoms with Crippen molar-refractivity contribution in [2.24, 2.45) is 5.92 Å². The smallest absolute Gasteiger partial charge is 0.264 e. The van der Waals surface area contributed by atoms with Gasteiger partial charge in [0.25, 0.3) is 5.91 Å². The molecule has 3 aliphatic rings. The number of hydrogen-bond acceptors (Lipinski definition) is 5. The van der Waals surface area contributed by atoms with Crippen LogP contribution in [0.3, 0.4) is 0 Å². The molecule has 9 heteroatoms. The maximum Gasteiger partial charge on any atom is 0.264 e. The second kappa shape index (κ2) is 9.36. The van der Waals surface area contributed by atoms with Crippen molar-refractivity contribution in [3.05, 3.63) is 58.1 Å². The van der Waals surface area contributed by atoms with Crippen molar-refractivity contribution in [2.75, 3.05) is 23.0 Å². The van der Waals surface area contributed by atoms with Crippen LogP contribution in [-0.4, -0.2) is 49.3 Å². The molecule has 0 aromatic heterocycles. The predicted octanol–water partition coefficient (Wildman–Crippen LogP) is 4.30. The van der Waals surface area contributed by atoms with Crippen molar-refractivity contribution in [3.63, 3.8) is 0 Å². The molecule has 0 bridgehead atoms. The molecule has 2 aromatic carbocycles. The highest BCUT2D eigenvalue weighted by molar-refractivity contribution is 9.10. The van der Waals surface area contributed by atoms with Gasteiger partial charge in [-0.15, -0.1) is 0 Å². The van der Waals surface area contributed by atoms with Gasteiger partial charge >= 0.3 is 0 Å². The number of hydrogen-bond donors (Lipinski definition) is 2. The summed E-state index contributed by atoms with van der Waals surface area (Å²) in [5.74, 6) is -0.280. The van der Waals surface area contributed by atoms with E-state index in [1.54, 1.807) is 4.90 Å². The Kier molecular flexibility index (Phi) is 6.66. The van der Waals surface area contributed by atoms with Gasteiger partial charge in [0.05, 0.1) is 18.3 Å². The number of aliphatic hydroxyl groups is 1. The predicted molar refractivity (Wildman–Crippen MR) is 144 cm³/mol. The molecular weight excluding hydrogens is 540 g/mol. The maximum absolute atomic E-state index is 14.3. The SMILES string of the molecule is C[C@@H]1[C@@H]([Si](C)(C)O)[C@H](CCO)O[C@@]12C(=O)N(Cc1cccc(N3CCCC3=O)c1)c1ccc(Br)cc12. The van der Waals surface area contributed by atoms with Gasteiger partial charge in [0.15, 0.2) is 13.9 Å². The third-order valence-corrected chi connectivity index (χ3v) is 11.0. The lowest BCUT2D eigenvalue weighted by atomic mass is 9.82. The number of nitrogens with zero attached hydrogens (tertiary/aromatic N) is 2. The zero-order valence-corrected chi connectivity index (χ0v) is 23.5. The molecule has 2 amide bonds. The Morgan fingerprint density at radius 3 is 2.64 bits per heavy atom. The highest BCUT2D eigenvalue weighted by Gasteiger charge is 2.66. The first-order valence-corrected chi connectivity index (χ1v) is 16.4. The molecule has 3 aliphatic heterocycles. The van der Waals surface area contributed by atoms with Gasteiger partial charge in [-0.05, 0) is 61.8 Å². The van der Waals surface area contributed by atoms with Gasteiger partial charge in [0.1, 0.15) is 0 Å². The minimum absolute atomic E-state index is 0.0697. The number of halogens is 1. The van der Waals surface area contributed by atoms with Gasteiger partial charge in [-0.2, -0.15) is 0 Å². The topological polar surface area (TPSA) is 90.3 Å². The van der Waals surface area contributed by atoms with Gasteiger partial charge in [0, 0.05) is 46.8 Å².